The van der Waals surface area contributed by atoms with Gasteiger partial charge < -0.3 is 15.4 Å². The molecule has 1 unspecified atom stereocenters. The molecule has 2 N–H and O–H groups in total. The van der Waals surface area contributed by atoms with Gasteiger partial charge in [0.05, 0.1) is 13.2 Å². The van der Waals surface area contributed by atoms with Crippen LogP contribution in [0.4, 0.5) is 0 Å². The van der Waals surface area contributed by atoms with Crippen molar-refractivity contribution in [3.8, 4) is 0 Å². The Balaban J connectivity index is 0.00000288. The third kappa shape index (κ3) is 7.98. The maximum atomic E-state index is 5.34. The van der Waals surface area contributed by atoms with Crippen LogP contribution in [0.3, 0.4) is 0 Å². The number of nitrogens with one attached hydrogen (secondary N) is 2. The van der Waals surface area contributed by atoms with Crippen molar-refractivity contribution in [3.63, 3.8) is 0 Å². The van der Waals surface area contributed by atoms with E-state index in [9.17, 15) is 0 Å². The van der Waals surface area contributed by atoms with Crippen molar-refractivity contribution in [2.24, 2.45) is 4.99 Å². The highest BCUT2D eigenvalue weighted by Gasteiger charge is 2.08. The van der Waals surface area contributed by atoms with Crippen LogP contribution in [0.1, 0.15) is 36.4 Å². The molecule has 0 aliphatic carbocycles. The second-order valence-electron chi connectivity index (χ2n) is 5.96. The molecule has 0 radical (unpaired) electrons. The van der Waals surface area contributed by atoms with E-state index < -0.39 is 0 Å². The number of guanidine groups is 1. The fraction of sp³-hybridized carbons (Fsp3) is 0.611. The summed E-state index contributed by atoms with van der Waals surface area (Å²) < 4.78 is 5.34. The standard InChI is InChI=1S/C18H29N3OS.HI/c1-4-19-18(20-10-7-16-8-11-22-12-9-16)21-14(2)13-17-6-5-15(3)23-17;/h5-6,8,14H,4,7,9-13H2,1-3H3,(H2,19,20,21);1H. The van der Waals surface area contributed by atoms with E-state index in [2.05, 4.69) is 49.6 Å². The van der Waals surface area contributed by atoms with Gasteiger partial charge in [-0.2, -0.15) is 0 Å². The molecule has 0 aromatic carbocycles. The zero-order chi connectivity index (χ0) is 16.5. The van der Waals surface area contributed by atoms with Gasteiger partial charge in [-0.15, -0.1) is 35.3 Å². The average molecular weight is 463 g/mol. The van der Waals surface area contributed by atoms with Crippen molar-refractivity contribution < 1.29 is 4.74 Å². The summed E-state index contributed by atoms with van der Waals surface area (Å²) in [6.07, 6.45) is 5.30. The Kier molecular flexibility index (Phi) is 10.6. The molecule has 0 saturated heterocycles. The molecule has 4 nitrogen and oxygen atoms in total. The van der Waals surface area contributed by atoms with Crippen LogP contribution in [0.2, 0.25) is 0 Å². The maximum absolute atomic E-state index is 5.34. The van der Waals surface area contributed by atoms with Gasteiger partial charge >= 0.3 is 0 Å². The van der Waals surface area contributed by atoms with E-state index in [0.29, 0.717) is 6.04 Å². The van der Waals surface area contributed by atoms with Gasteiger partial charge in [0.25, 0.3) is 0 Å². The fourth-order valence-electron chi connectivity index (χ4n) is 2.60. The molecule has 6 heteroatoms. The molecule has 24 heavy (non-hydrogen) atoms. The summed E-state index contributed by atoms with van der Waals surface area (Å²) in [6.45, 7) is 9.79. The van der Waals surface area contributed by atoms with E-state index in [1.54, 1.807) is 0 Å². The Morgan fingerprint density at radius 3 is 2.88 bits per heavy atom. The first-order chi connectivity index (χ1) is 11.2. The Bertz CT molecular complexity index is 542. The number of rotatable bonds is 7. The van der Waals surface area contributed by atoms with Crippen molar-refractivity contribution in [2.75, 3.05) is 26.3 Å². The molecule has 0 amide bonds. The number of ether oxygens (including phenoxy) is 1. The van der Waals surface area contributed by atoms with Gasteiger partial charge in [-0.3, -0.25) is 4.99 Å². The summed E-state index contributed by atoms with van der Waals surface area (Å²) in [5, 5.41) is 6.86. The van der Waals surface area contributed by atoms with Gasteiger partial charge in [0.2, 0.25) is 0 Å². The predicted octanol–water partition coefficient (Wildman–Crippen LogP) is 3.90. The summed E-state index contributed by atoms with van der Waals surface area (Å²) >= 11 is 1.87. The lowest BCUT2D eigenvalue weighted by Crippen LogP contribution is -2.43. The second kappa shape index (κ2) is 11.9. The number of thiophene rings is 1. The summed E-state index contributed by atoms with van der Waals surface area (Å²) in [5.74, 6) is 0.918. The highest BCUT2D eigenvalue weighted by molar-refractivity contribution is 14.0. The van der Waals surface area contributed by atoms with Crippen LogP contribution in [0, 0.1) is 6.92 Å². The van der Waals surface area contributed by atoms with Gasteiger partial charge in [0.1, 0.15) is 0 Å². The van der Waals surface area contributed by atoms with E-state index in [0.717, 1.165) is 51.5 Å². The molecule has 0 fully saturated rings. The van der Waals surface area contributed by atoms with Crippen molar-refractivity contribution in [2.45, 2.75) is 46.1 Å². The largest absolute Gasteiger partial charge is 0.377 e. The Labute approximate surface area is 167 Å². The van der Waals surface area contributed by atoms with Crippen LogP contribution >= 0.6 is 35.3 Å². The minimum atomic E-state index is 0. The smallest absolute Gasteiger partial charge is 0.191 e. The monoisotopic (exact) mass is 463 g/mol. The SMILES string of the molecule is CCNC(=NCCC1=CCOCC1)NC(C)Cc1ccc(C)s1.I. The highest BCUT2D eigenvalue weighted by Crippen LogP contribution is 2.16. The zero-order valence-electron chi connectivity index (χ0n) is 14.9. The molecule has 0 bridgehead atoms. The summed E-state index contributed by atoms with van der Waals surface area (Å²) in [5.41, 5.74) is 1.47. The molecule has 2 rings (SSSR count). The molecule has 2 heterocycles. The Hall–Kier alpha value is -0.600. The number of hydrogen-bond acceptors (Lipinski definition) is 3. The maximum Gasteiger partial charge on any atom is 0.191 e. The second-order valence-corrected chi connectivity index (χ2v) is 7.33. The fourth-order valence-corrected chi connectivity index (χ4v) is 3.62. The Morgan fingerprint density at radius 1 is 1.42 bits per heavy atom. The average Bonchev–Trinajstić information content (AvgIpc) is 2.93. The van der Waals surface area contributed by atoms with E-state index in [1.165, 1.54) is 15.3 Å². The van der Waals surface area contributed by atoms with E-state index in [1.807, 2.05) is 11.3 Å². The molecule has 1 aromatic rings. The lowest BCUT2D eigenvalue weighted by molar-refractivity contribution is 0.153. The first kappa shape index (κ1) is 21.4. The van der Waals surface area contributed by atoms with Crippen molar-refractivity contribution in [1.29, 1.82) is 0 Å². The van der Waals surface area contributed by atoms with Crippen LogP contribution in [0.5, 0.6) is 0 Å². The van der Waals surface area contributed by atoms with Crippen LogP contribution in [0.25, 0.3) is 0 Å². The minimum Gasteiger partial charge on any atom is -0.377 e. The van der Waals surface area contributed by atoms with Crippen molar-refractivity contribution in [1.82, 2.24) is 10.6 Å². The lowest BCUT2D eigenvalue weighted by atomic mass is 10.1. The van der Waals surface area contributed by atoms with Crippen LogP contribution < -0.4 is 10.6 Å². The first-order valence-electron chi connectivity index (χ1n) is 8.53. The number of halogens is 1. The van der Waals surface area contributed by atoms with Crippen LogP contribution in [-0.2, 0) is 11.2 Å². The van der Waals surface area contributed by atoms with Crippen molar-refractivity contribution >= 4 is 41.3 Å². The first-order valence-corrected chi connectivity index (χ1v) is 9.35. The molecule has 0 spiro atoms. The lowest BCUT2D eigenvalue weighted by Gasteiger charge is -2.18. The molecule has 1 aromatic heterocycles. The van der Waals surface area contributed by atoms with Gasteiger partial charge in [0.15, 0.2) is 5.96 Å². The number of hydrogen-bond donors (Lipinski definition) is 2. The molecule has 1 aliphatic rings. The van der Waals surface area contributed by atoms with Gasteiger partial charge in [-0.25, -0.2) is 0 Å². The van der Waals surface area contributed by atoms with E-state index in [-0.39, 0.29) is 24.0 Å². The van der Waals surface area contributed by atoms with Crippen molar-refractivity contribution in [3.05, 3.63) is 33.5 Å². The van der Waals surface area contributed by atoms with Crippen LogP contribution in [0.15, 0.2) is 28.8 Å². The molecular formula is C18H30IN3OS. The summed E-state index contributed by atoms with van der Waals surface area (Å²) in [7, 11) is 0. The topological polar surface area (TPSA) is 45.7 Å². The van der Waals surface area contributed by atoms with E-state index in [4.69, 9.17) is 9.73 Å². The predicted molar refractivity (Wildman–Crippen MR) is 115 cm³/mol. The normalized spacial score (nSPS) is 16.1. The number of nitrogens with zero attached hydrogens (tertiary/aromatic N) is 1. The Morgan fingerprint density at radius 2 is 2.25 bits per heavy atom. The third-order valence-electron chi connectivity index (χ3n) is 3.79. The molecule has 1 atom stereocenters. The molecule has 136 valence electrons. The van der Waals surface area contributed by atoms with Gasteiger partial charge in [0, 0.05) is 35.3 Å². The van der Waals surface area contributed by atoms with E-state index >= 15 is 0 Å². The minimum absolute atomic E-state index is 0. The molecule has 1 aliphatic heterocycles. The quantitative estimate of drug-likeness (QED) is 0.279. The summed E-state index contributed by atoms with van der Waals surface area (Å²) in [4.78, 5) is 7.51. The molecule has 0 saturated carbocycles. The zero-order valence-corrected chi connectivity index (χ0v) is 18.1. The van der Waals surface area contributed by atoms with Gasteiger partial charge in [-0.1, -0.05) is 11.6 Å². The number of aryl methyl sites for hydroxylation is 1. The van der Waals surface area contributed by atoms with Gasteiger partial charge in [-0.05, 0) is 45.7 Å². The van der Waals surface area contributed by atoms with Crippen LogP contribution in [-0.4, -0.2) is 38.3 Å². The molecular weight excluding hydrogens is 433 g/mol. The summed E-state index contributed by atoms with van der Waals surface area (Å²) in [6, 6.07) is 4.78. The third-order valence-corrected chi connectivity index (χ3v) is 4.81. The number of aliphatic imine (C=N–C) groups is 1. The highest BCUT2D eigenvalue weighted by atomic mass is 127.